The number of aryl methyl sites for hydroxylation is 1. The van der Waals surface area contributed by atoms with Gasteiger partial charge in [-0.15, -0.1) is 6.58 Å². The van der Waals surface area contributed by atoms with Crippen LogP contribution < -0.4 is 5.32 Å². The Morgan fingerprint density at radius 3 is 2.29 bits per heavy atom. The van der Waals surface area contributed by atoms with Crippen LogP contribution in [0.3, 0.4) is 0 Å². The summed E-state index contributed by atoms with van der Waals surface area (Å²) in [7, 11) is 0. The van der Waals surface area contributed by atoms with Gasteiger partial charge in [0, 0.05) is 25.6 Å². The monoisotopic (exact) mass is 418 g/mol. The van der Waals surface area contributed by atoms with E-state index in [1.54, 1.807) is 6.08 Å². The van der Waals surface area contributed by atoms with Crippen LogP contribution in [0.5, 0.6) is 0 Å². The molecule has 4 nitrogen and oxygen atoms in total. The molecule has 3 rings (SSSR count). The minimum atomic E-state index is -0.532. The maximum absolute atomic E-state index is 13.3. The third-order valence-corrected chi connectivity index (χ3v) is 6.40. The van der Waals surface area contributed by atoms with Crippen molar-refractivity contribution < 1.29 is 9.59 Å². The van der Waals surface area contributed by atoms with Crippen LogP contribution in [-0.2, 0) is 16.0 Å². The number of benzene rings is 2. The summed E-state index contributed by atoms with van der Waals surface area (Å²) in [6.07, 6.45) is 3.70. The van der Waals surface area contributed by atoms with Crippen molar-refractivity contribution in [3.63, 3.8) is 0 Å². The normalized spacial score (nSPS) is 15.5. The molecule has 1 saturated heterocycles. The summed E-state index contributed by atoms with van der Waals surface area (Å²) in [5, 5.41) is 3.04. The van der Waals surface area contributed by atoms with E-state index in [-0.39, 0.29) is 17.7 Å². The molecule has 0 spiro atoms. The second-order valence-corrected chi connectivity index (χ2v) is 8.91. The van der Waals surface area contributed by atoms with Gasteiger partial charge in [0.05, 0.1) is 5.41 Å². The van der Waals surface area contributed by atoms with Crippen molar-refractivity contribution >= 4 is 11.8 Å². The topological polar surface area (TPSA) is 49.4 Å². The molecule has 31 heavy (non-hydrogen) atoms. The Hall–Kier alpha value is -2.88. The predicted octanol–water partition coefficient (Wildman–Crippen LogP) is 4.77. The molecule has 2 aromatic carbocycles. The van der Waals surface area contributed by atoms with E-state index in [0.717, 1.165) is 0 Å². The lowest BCUT2D eigenvalue weighted by atomic mass is 9.71. The molecule has 1 aliphatic heterocycles. The van der Waals surface area contributed by atoms with Gasteiger partial charge < -0.3 is 10.2 Å². The van der Waals surface area contributed by atoms with Gasteiger partial charge in [0.2, 0.25) is 11.8 Å². The molecule has 1 heterocycles. The van der Waals surface area contributed by atoms with E-state index in [1.807, 2.05) is 30.9 Å². The van der Waals surface area contributed by atoms with E-state index in [1.165, 1.54) is 22.3 Å². The number of carbonyl (C=O) groups excluding carboxylic acids is 2. The van der Waals surface area contributed by atoms with E-state index in [9.17, 15) is 9.59 Å². The van der Waals surface area contributed by atoms with Gasteiger partial charge in [-0.25, -0.2) is 0 Å². The quantitative estimate of drug-likeness (QED) is 0.659. The number of nitrogens with one attached hydrogen (secondary N) is 1. The molecule has 1 fully saturated rings. The molecule has 4 heteroatoms. The van der Waals surface area contributed by atoms with Crippen LogP contribution in [0.4, 0.5) is 0 Å². The van der Waals surface area contributed by atoms with Gasteiger partial charge in [-0.1, -0.05) is 68.5 Å². The van der Waals surface area contributed by atoms with Crippen molar-refractivity contribution in [2.45, 2.75) is 40.0 Å². The molecule has 0 saturated carbocycles. The fraction of sp³-hybridized carbons (Fsp3) is 0.407. The van der Waals surface area contributed by atoms with Gasteiger partial charge >= 0.3 is 0 Å². The van der Waals surface area contributed by atoms with Crippen molar-refractivity contribution in [2.24, 2.45) is 11.3 Å². The van der Waals surface area contributed by atoms with Gasteiger partial charge in [-0.05, 0) is 48.4 Å². The zero-order valence-corrected chi connectivity index (χ0v) is 19.0. The Bertz CT molecular complexity index is 940. The van der Waals surface area contributed by atoms with E-state index < -0.39 is 5.41 Å². The molecule has 2 amide bonds. The highest BCUT2D eigenvalue weighted by Gasteiger charge is 2.42. The number of likely N-dealkylation sites (tertiary alicyclic amines) is 1. The summed E-state index contributed by atoms with van der Waals surface area (Å²) in [6.45, 7) is 11.4. The summed E-state index contributed by atoms with van der Waals surface area (Å²) in [5.74, 6) is 0.202. The summed E-state index contributed by atoms with van der Waals surface area (Å²) >= 11 is 0. The number of hydrogen-bond acceptors (Lipinski definition) is 2. The zero-order valence-electron chi connectivity index (χ0n) is 19.0. The molecule has 0 bridgehead atoms. The van der Waals surface area contributed by atoms with Crippen molar-refractivity contribution in [1.29, 1.82) is 0 Å². The van der Waals surface area contributed by atoms with E-state index in [0.29, 0.717) is 38.9 Å². The third-order valence-electron chi connectivity index (χ3n) is 6.40. The van der Waals surface area contributed by atoms with Crippen LogP contribution in [0.1, 0.15) is 37.8 Å². The molecule has 0 atom stereocenters. The molecule has 0 aliphatic carbocycles. The number of hydrogen-bond donors (Lipinski definition) is 1. The lowest BCUT2D eigenvalue weighted by Crippen LogP contribution is -2.52. The first-order valence-electron chi connectivity index (χ1n) is 11.2. The summed E-state index contributed by atoms with van der Waals surface area (Å²) < 4.78 is 0. The predicted molar refractivity (Wildman–Crippen MR) is 127 cm³/mol. The first kappa shape index (κ1) is 22.8. The van der Waals surface area contributed by atoms with Crippen LogP contribution in [0.25, 0.3) is 11.1 Å². The highest BCUT2D eigenvalue weighted by Crippen LogP contribution is 2.39. The summed E-state index contributed by atoms with van der Waals surface area (Å²) in [5.41, 5.74) is 4.24. The van der Waals surface area contributed by atoms with Crippen molar-refractivity contribution in [3.05, 3.63) is 72.3 Å². The fourth-order valence-electron chi connectivity index (χ4n) is 4.53. The SMILES string of the molecule is C=CCNC(=O)C1(Cc2ccccc2-c2ccccc2C)CCN(C(=O)C(C)C)CC1. The first-order chi connectivity index (χ1) is 14.9. The maximum Gasteiger partial charge on any atom is 0.226 e. The third kappa shape index (κ3) is 5.07. The maximum atomic E-state index is 13.3. The average molecular weight is 419 g/mol. The summed E-state index contributed by atoms with van der Waals surface area (Å²) in [6, 6.07) is 16.7. The van der Waals surface area contributed by atoms with Crippen molar-refractivity contribution in [3.8, 4) is 11.1 Å². The Kier molecular flexibility index (Phi) is 7.32. The average Bonchev–Trinajstić information content (AvgIpc) is 2.78. The number of rotatable bonds is 7. The number of amides is 2. The van der Waals surface area contributed by atoms with Gasteiger partial charge in [0.25, 0.3) is 0 Å². The van der Waals surface area contributed by atoms with Gasteiger partial charge in [-0.3, -0.25) is 9.59 Å². The molecular weight excluding hydrogens is 384 g/mol. The molecule has 0 radical (unpaired) electrons. The molecule has 1 aliphatic rings. The zero-order chi connectivity index (χ0) is 22.4. The van der Waals surface area contributed by atoms with Crippen LogP contribution in [0, 0.1) is 18.3 Å². The summed E-state index contributed by atoms with van der Waals surface area (Å²) in [4.78, 5) is 27.8. The lowest BCUT2D eigenvalue weighted by Gasteiger charge is -2.41. The lowest BCUT2D eigenvalue weighted by molar-refractivity contribution is -0.142. The Balaban J connectivity index is 1.93. The number of nitrogens with zero attached hydrogens (tertiary/aromatic N) is 1. The van der Waals surface area contributed by atoms with Gasteiger partial charge in [-0.2, -0.15) is 0 Å². The van der Waals surface area contributed by atoms with Crippen LogP contribution in [0.2, 0.25) is 0 Å². The van der Waals surface area contributed by atoms with E-state index in [2.05, 4.69) is 55.2 Å². The van der Waals surface area contributed by atoms with Crippen LogP contribution in [0.15, 0.2) is 61.2 Å². The molecule has 1 N–H and O–H groups in total. The Morgan fingerprint density at radius 1 is 1.06 bits per heavy atom. The van der Waals surface area contributed by atoms with Crippen LogP contribution in [-0.4, -0.2) is 36.3 Å². The minimum Gasteiger partial charge on any atom is -0.352 e. The first-order valence-corrected chi connectivity index (χ1v) is 11.2. The van der Waals surface area contributed by atoms with E-state index in [4.69, 9.17) is 0 Å². The van der Waals surface area contributed by atoms with Crippen LogP contribution >= 0.6 is 0 Å². The fourth-order valence-corrected chi connectivity index (χ4v) is 4.53. The number of piperidine rings is 1. The minimum absolute atomic E-state index is 0.0242. The largest absolute Gasteiger partial charge is 0.352 e. The molecule has 2 aromatic rings. The Labute approximate surface area is 186 Å². The smallest absolute Gasteiger partial charge is 0.226 e. The van der Waals surface area contributed by atoms with E-state index >= 15 is 0 Å². The molecule has 0 aromatic heterocycles. The standard InChI is InChI=1S/C27H34N2O2/c1-5-16-28-26(31)27(14-17-29(18-15-27)25(30)20(2)3)19-22-11-7-9-13-24(22)23-12-8-6-10-21(23)4/h5-13,20H,1,14-19H2,2-4H3,(H,28,31). The highest BCUT2D eigenvalue weighted by atomic mass is 16.2. The second-order valence-electron chi connectivity index (χ2n) is 8.91. The second kappa shape index (κ2) is 9.95. The van der Waals surface area contributed by atoms with Gasteiger partial charge in [0.15, 0.2) is 0 Å². The highest BCUT2D eigenvalue weighted by molar-refractivity contribution is 5.85. The molecule has 164 valence electrons. The number of carbonyl (C=O) groups is 2. The van der Waals surface area contributed by atoms with Crippen molar-refractivity contribution in [2.75, 3.05) is 19.6 Å². The molecular formula is C27H34N2O2. The van der Waals surface area contributed by atoms with Gasteiger partial charge in [0.1, 0.15) is 0 Å². The molecule has 0 unspecified atom stereocenters. The Morgan fingerprint density at radius 2 is 1.68 bits per heavy atom. The van der Waals surface area contributed by atoms with Crippen molar-refractivity contribution in [1.82, 2.24) is 10.2 Å².